The molecule has 0 spiro atoms. The summed E-state index contributed by atoms with van der Waals surface area (Å²) in [6, 6.07) is 1.93. The third-order valence-corrected chi connectivity index (χ3v) is 3.27. The Kier molecular flexibility index (Phi) is 4.42. The highest BCUT2D eigenvalue weighted by atomic mass is 16.1. The maximum atomic E-state index is 12.0. The minimum atomic E-state index is 0.128. The molecule has 0 saturated heterocycles. The number of Topliss-reactive ketones (excluding diaryl/α,β-unsaturated/α-hetero) is 1. The van der Waals surface area contributed by atoms with Crippen molar-refractivity contribution in [3.05, 3.63) is 23.5 Å². The molecule has 98 valence electrons. The van der Waals surface area contributed by atoms with Crippen LogP contribution < -0.4 is 0 Å². The second kappa shape index (κ2) is 6.05. The van der Waals surface area contributed by atoms with Gasteiger partial charge in [0.25, 0.3) is 0 Å². The van der Waals surface area contributed by atoms with Gasteiger partial charge in [-0.05, 0) is 63.9 Å². The van der Waals surface area contributed by atoms with E-state index in [0.29, 0.717) is 18.0 Å². The van der Waals surface area contributed by atoms with Crippen molar-refractivity contribution in [1.29, 1.82) is 0 Å². The van der Waals surface area contributed by atoms with Crippen molar-refractivity contribution >= 4 is 5.78 Å². The quantitative estimate of drug-likeness (QED) is 0.548. The van der Waals surface area contributed by atoms with Gasteiger partial charge in [-0.3, -0.25) is 4.79 Å². The molecule has 0 radical (unpaired) electrons. The van der Waals surface area contributed by atoms with E-state index in [0.717, 1.165) is 19.4 Å². The van der Waals surface area contributed by atoms with Crippen LogP contribution in [0.4, 0.5) is 0 Å². The number of unbranched alkanes of at least 4 members (excludes halogenated alkanes) is 1. The highest BCUT2D eigenvalue weighted by Crippen LogP contribution is 2.39. The summed E-state index contributed by atoms with van der Waals surface area (Å²) in [6.07, 6.45) is 6.79. The molecule has 18 heavy (non-hydrogen) atoms. The van der Waals surface area contributed by atoms with Crippen LogP contribution in [0.25, 0.3) is 0 Å². The zero-order valence-electron chi connectivity index (χ0n) is 11.2. The second-order valence-corrected chi connectivity index (χ2v) is 5.33. The van der Waals surface area contributed by atoms with E-state index in [1.807, 2.05) is 20.2 Å². The lowest BCUT2D eigenvalue weighted by Crippen LogP contribution is -2.13. The lowest BCUT2D eigenvalue weighted by Gasteiger charge is -2.08. The van der Waals surface area contributed by atoms with Gasteiger partial charge in [0.1, 0.15) is 5.69 Å². The topological polar surface area (TPSA) is 46.1 Å². The molecule has 4 nitrogen and oxygen atoms in total. The van der Waals surface area contributed by atoms with Crippen molar-refractivity contribution in [2.45, 2.75) is 38.0 Å². The minimum absolute atomic E-state index is 0.128. The Morgan fingerprint density at radius 3 is 2.83 bits per heavy atom. The fourth-order valence-electron chi connectivity index (χ4n) is 2.00. The molecule has 0 amide bonds. The third-order valence-electron chi connectivity index (χ3n) is 3.27. The Morgan fingerprint density at radius 1 is 1.39 bits per heavy atom. The fourth-order valence-corrected chi connectivity index (χ4v) is 2.00. The van der Waals surface area contributed by atoms with Gasteiger partial charge in [-0.1, -0.05) is 0 Å². The smallest absolute Gasteiger partial charge is 0.183 e. The number of rotatable bonds is 7. The first-order valence-electron chi connectivity index (χ1n) is 6.67. The van der Waals surface area contributed by atoms with Crippen molar-refractivity contribution in [1.82, 2.24) is 15.1 Å². The summed E-state index contributed by atoms with van der Waals surface area (Å²) in [5.74, 6) is 0.754. The van der Waals surface area contributed by atoms with E-state index < -0.39 is 0 Å². The number of carbonyl (C=O) groups is 1. The van der Waals surface area contributed by atoms with Crippen LogP contribution in [0.1, 0.15) is 54.1 Å². The number of aromatic nitrogens is 2. The average Bonchev–Trinajstić information content (AvgIpc) is 3.18. The van der Waals surface area contributed by atoms with Crippen molar-refractivity contribution in [2.24, 2.45) is 0 Å². The number of nitrogens with zero attached hydrogens (tertiary/aromatic N) is 3. The lowest BCUT2D eigenvalue weighted by molar-refractivity contribution is 0.0972. The van der Waals surface area contributed by atoms with E-state index in [1.54, 1.807) is 6.20 Å². The summed E-state index contributed by atoms with van der Waals surface area (Å²) >= 11 is 0. The number of hydrogen-bond donors (Lipinski definition) is 0. The summed E-state index contributed by atoms with van der Waals surface area (Å²) in [5, 5.41) is 7.90. The molecule has 0 aliphatic heterocycles. The fraction of sp³-hybridized carbons (Fsp3) is 0.643. The molecule has 0 atom stereocenters. The molecule has 1 aliphatic carbocycles. The van der Waals surface area contributed by atoms with Gasteiger partial charge in [-0.25, -0.2) is 0 Å². The zero-order chi connectivity index (χ0) is 13.0. The number of hydrogen-bond acceptors (Lipinski definition) is 4. The molecule has 2 rings (SSSR count). The first-order valence-corrected chi connectivity index (χ1v) is 6.67. The van der Waals surface area contributed by atoms with E-state index in [2.05, 4.69) is 15.1 Å². The molecule has 1 saturated carbocycles. The van der Waals surface area contributed by atoms with Crippen LogP contribution in [0.2, 0.25) is 0 Å². The van der Waals surface area contributed by atoms with Crippen molar-refractivity contribution in [3.63, 3.8) is 0 Å². The highest BCUT2D eigenvalue weighted by molar-refractivity contribution is 5.94. The van der Waals surface area contributed by atoms with Crippen molar-refractivity contribution in [2.75, 3.05) is 20.6 Å². The first-order chi connectivity index (χ1) is 8.66. The molecule has 1 aliphatic rings. The Labute approximate surface area is 108 Å². The van der Waals surface area contributed by atoms with Gasteiger partial charge in [0.2, 0.25) is 0 Å². The van der Waals surface area contributed by atoms with Gasteiger partial charge in [0.15, 0.2) is 5.78 Å². The van der Waals surface area contributed by atoms with Gasteiger partial charge in [-0.15, -0.1) is 5.10 Å². The standard InChI is InChI=1S/C14H21N3O/c1-17(2)8-4-3-5-14(18)13-9-12(10-15-16-13)11-6-7-11/h9-11H,3-8H2,1-2H3. The zero-order valence-corrected chi connectivity index (χ0v) is 11.2. The largest absolute Gasteiger partial charge is 0.309 e. The van der Waals surface area contributed by atoms with Crippen LogP contribution in [0.5, 0.6) is 0 Å². The van der Waals surface area contributed by atoms with Crippen molar-refractivity contribution in [3.8, 4) is 0 Å². The minimum Gasteiger partial charge on any atom is -0.309 e. The maximum absolute atomic E-state index is 12.0. The molecule has 1 fully saturated rings. The Balaban J connectivity index is 1.82. The van der Waals surface area contributed by atoms with Crippen LogP contribution in [-0.4, -0.2) is 41.5 Å². The Bertz CT molecular complexity index is 413. The summed E-state index contributed by atoms with van der Waals surface area (Å²) in [4.78, 5) is 14.1. The summed E-state index contributed by atoms with van der Waals surface area (Å²) in [5.41, 5.74) is 1.73. The SMILES string of the molecule is CN(C)CCCCC(=O)c1cc(C2CC2)cnn1. The van der Waals surface area contributed by atoms with Crippen LogP contribution in [0.15, 0.2) is 12.3 Å². The third kappa shape index (κ3) is 3.88. The van der Waals surface area contributed by atoms with Crippen LogP contribution in [0.3, 0.4) is 0 Å². The molecule has 1 heterocycles. The summed E-state index contributed by atoms with van der Waals surface area (Å²) in [7, 11) is 4.10. The predicted molar refractivity (Wildman–Crippen MR) is 70.7 cm³/mol. The van der Waals surface area contributed by atoms with Crippen LogP contribution in [0, 0.1) is 0 Å². The summed E-state index contributed by atoms with van der Waals surface area (Å²) < 4.78 is 0. The Morgan fingerprint density at radius 2 is 2.17 bits per heavy atom. The van der Waals surface area contributed by atoms with E-state index in [4.69, 9.17) is 0 Å². The molecule has 0 aromatic carbocycles. The van der Waals surface area contributed by atoms with E-state index in [9.17, 15) is 4.79 Å². The van der Waals surface area contributed by atoms with E-state index in [1.165, 1.54) is 18.4 Å². The number of ketones is 1. The summed E-state index contributed by atoms with van der Waals surface area (Å²) in [6.45, 7) is 1.03. The van der Waals surface area contributed by atoms with Gasteiger partial charge >= 0.3 is 0 Å². The monoisotopic (exact) mass is 247 g/mol. The molecular weight excluding hydrogens is 226 g/mol. The van der Waals surface area contributed by atoms with Crippen LogP contribution >= 0.6 is 0 Å². The van der Waals surface area contributed by atoms with Crippen LogP contribution in [-0.2, 0) is 0 Å². The first kappa shape index (κ1) is 13.1. The van der Waals surface area contributed by atoms with E-state index >= 15 is 0 Å². The molecule has 0 unspecified atom stereocenters. The van der Waals surface area contributed by atoms with Gasteiger partial charge in [0, 0.05) is 6.42 Å². The maximum Gasteiger partial charge on any atom is 0.183 e. The Hall–Kier alpha value is -1.29. The molecule has 1 aromatic rings. The van der Waals surface area contributed by atoms with E-state index in [-0.39, 0.29) is 5.78 Å². The highest BCUT2D eigenvalue weighted by Gasteiger charge is 2.24. The lowest BCUT2D eigenvalue weighted by atomic mass is 10.1. The predicted octanol–water partition coefficient (Wildman–Crippen LogP) is 2.27. The van der Waals surface area contributed by atoms with Gasteiger partial charge < -0.3 is 4.90 Å². The average molecular weight is 247 g/mol. The van der Waals surface area contributed by atoms with Crippen molar-refractivity contribution < 1.29 is 4.79 Å². The molecular formula is C14H21N3O. The molecule has 0 N–H and O–H groups in total. The van der Waals surface area contributed by atoms with Gasteiger partial charge in [-0.2, -0.15) is 5.10 Å². The molecule has 4 heteroatoms. The second-order valence-electron chi connectivity index (χ2n) is 5.33. The molecule has 1 aromatic heterocycles. The number of carbonyl (C=O) groups excluding carboxylic acids is 1. The normalized spacial score (nSPS) is 15.1. The molecule has 0 bridgehead atoms. The van der Waals surface area contributed by atoms with Gasteiger partial charge in [0.05, 0.1) is 6.20 Å².